The molecule has 1 N–H and O–H groups in total. The molecule has 3 heteroatoms. The molecule has 0 bridgehead atoms. The molecule has 1 aromatic carbocycles. The summed E-state index contributed by atoms with van der Waals surface area (Å²) in [5.41, 5.74) is 1.42. The van der Waals surface area contributed by atoms with Crippen molar-refractivity contribution < 1.29 is 9.90 Å². The number of carboxylic acids is 1. The fraction of sp³-hybridized carbons (Fsp3) is 0.533. The fourth-order valence-electron chi connectivity index (χ4n) is 3.18. The van der Waals surface area contributed by atoms with E-state index in [1.165, 1.54) is 5.56 Å². The molecule has 0 amide bonds. The largest absolute Gasteiger partial charge is 0.481 e. The minimum absolute atomic E-state index is 0.152. The quantitative estimate of drug-likeness (QED) is 0.888. The highest BCUT2D eigenvalue weighted by Gasteiger charge is 2.54. The summed E-state index contributed by atoms with van der Waals surface area (Å²) in [5, 5.41) is 9.37. The van der Waals surface area contributed by atoms with Gasteiger partial charge in [0.05, 0.1) is 5.92 Å². The van der Waals surface area contributed by atoms with E-state index in [0.717, 1.165) is 32.4 Å². The van der Waals surface area contributed by atoms with Crippen LogP contribution in [0.1, 0.15) is 24.8 Å². The van der Waals surface area contributed by atoms with Crippen LogP contribution in [0.5, 0.6) is 0 Å². The van der Waals surface area contributed by atoms with Crippen LogP contribution in [0.15, 0.2) is 30.3 Å². The summed E-state index contributed by atoms with van der Waals surface area (Å²) < 4.78 is 0. The Balaban J connectivity index is 1.67. The Morgan fingerprint density at radius 3 is 2.61 bits per heavy atom. The van der Waals surface area contributed by atoms with Gasteiger partial charge < -0.3 is 5.11 Å². The van der Waals surface area contributed by atoms with Crippen LogP contribution >= 0.6 is 0 Å². The predicted octanol–water partition coefficient (Wildman–Crippen LogP) is 2.37. The Kier molecular flexibility index (Phi) is 2.86. The summed E-state index contributed by atoms with van der Waals surface area (Å²) in [4.78, 5) is 13.7. The summed E-state index contributed by atoms with van der Waals surface area (Å²) in [5.74, 6) is -0.764. The van der Waals surface area contributed by atoms with Gasteiger partial charge in [-0.2, -0.15) is 0 Å². The van der Waals surface area contributed by atoms with E-state index in [-0.39, 0.29) is 11.3 Å². The lowest BCUT2D eigenvalue weighted by Gasteiger charge is -2.37. The first kappa shape index (κ1) is 11.7. The van der Waals surface area contributed by atoms with Crippen molar-refractivity contribution in [1.82, 2.24) is 4.90 Å². The van der Waals surface area contributed by atoms with Gasteiger partial charge in [-0.3, -0.25) is 9.69 Å². The van der Waals surface area contributed by atoms with Crippen molar-refractivity contribution in [3.8, 4) is 0 Å². The predicted molar refractivity (Wildman–Crippen MR) is 69.1 cm³/mol. The molecule has 1 aliphatic carbocycles. The molecule has 3 rings (SSSR count). The maximum Gasteiger partial charge on any atom is 0.308 e. The topological polar surface area (TPSA) is 40.5 Å². The maximum atomic E-state index is 11.4. The number of likely N-dealkylation sites (tertiary alicyclic amines) is 1. The average Bonchev–Trinajstić information content (AvgIpc) is 3.13. The number of benzene rings is 1. The second-order valence-corrected chi connectivity index (χ2v) is 5.72. The molecule has 1 unspecified atom stereocenters. The van der Waals surface area contributed by atoms with Gasteiger partial charge in [-0.15, -0.1) is 0 Å². The zero-order valence-electron chi connectivity index (χ0n) is 10.5. The van der Waals surface area contributed by atoms with E-state index in [0.29, 0.717) is 6.54 Å². The Labute approximate surface area is 107 Å². The van der Waals surface area contributed by atoms with Crippen LogP contribution in [0, 0.1) is 11.3 Å². The van der Waals surface area contributed by atoms with Gasteiger partial charge >= 0.3 is 5.97 Å². The Morgan fingerprint density at radius 2 is 2.00 bits per heavy atom. The summed E-state index contributed by atoms with van der Waals surface area (Å²) >= 11 is 0. The molecule has 1 saturated carbocycles. The molecular formula is C15H19NO2. The average molecular weight is 245 g/mol. The first-order chi connectivity index (χ1) is 8.70. The van der Waals surface area contributed by atoms with Gasteiger partial charge in [-0.25, -0.2) is 0 Å². The standard InChI is InChI=1S/C15H19NO2/c17-14(18)13-11-16(9-8-15(13)6-7-15)10-12-4-2-1-3-5-12/h1-5,13H,6-11H2,(H,17,18). The first-order valence-corrected chi connectivity index (χ1v) is 6.69. The van der Waals surface area contributed by atoms with Crippen molar-refractivity contribution in [3.05, 3.63) is 35.9 Å². The van der Waals surface area contributed by atoms with E-state index in [1.54, 1.807) is 0 Å². The van der Waals surface area contributed by atoms with Crippen molar-refractivity contribution in [2.45, 2.75) is 25.8 Å². The summed E-state index contributed by atoms with van der Waals surface area (Å²) in [6.45, 7) is 2.63. The molecule has 18 heavy (non-hydrogen) atoms. The molecule has 1 atom stereocenters. The second-order valence-electron chi connectivity index (χ2n) is 5.72. The molecule has 2 aliphatic rings. The van der Waals surface area contributed by atoms with Crippen molar-refractivity contribution in [3.63, 3.8) is 0 Å². The molecule has 0 radical (unpaired) electrons. The van der Waals surface area contributed by atoms with Gasteiger partial charge in [0.1, 0.15) is 0 Å². The third-order valence-electron chi connectivity index (χ3n) is 4.55. The molecule has 1 heterocycles. The first-order valence-electron chi connectivity index (χ1n) is 6.69. The van der Waals surface area contributed by atoms with Gasteiger partial charge in [0, 0.05) is 13.1 Å². The number of piperidine rings is 1. The molecule has 0 aromatic heterocycles. The highest BCUT2D eigenvalue weighted by Crippen LogP contribution is 2.57. The number of carbonyl (C=O) groups is 1. The van der Waals surface area contributed by atoms with Crippen LogP contribution in [-0.2, 0) is 11.3 Å². The minimum atomic E-state index is -0.606. The molecular weight excluding hydrogens is 226 g/mol. The van der Waals surface area contributed by atoms with Crippen LogP contribution in [0.4, 0.5) is 0 Å². The molecule has 1 saturated heterocycles. The second kappa shape index (κ2) is 4.39. The van der Waals surface area contributed by atoms with Crippen LogP contribution in [0.2, 0.25) is 0 Å². The van der Waals surface area contributed by atoms with Gasteiger partial charge in [0.2, 0.25) is 0 Å². The van der Waals surface area contributed by atoms with Gasteiger partial charge in [-0.05, 0) is 36.8 Å². The summed E-state index contributed by atoms with van der Waals surface area (Å²) in [6.07, 6.45) is 3.28. The van der Waals surface area contributed by atoms with E-state index < -0.39 is 5.97 Å². The van der Waals surface area contributed by atoms with Gasteiger partial charge in [0.15, 0.2) is 0 Å². The van der Waals surface area contributed by atoms with Crippen molar-refractivity contribution in [2.24, 2.45) is 11.3 Å². The number of nitrogens with zero attached hydrogens (tertiary/aromatic N) is 1. The highest BCUT2D eigenvalue weighted by atomic mass is 16.4. The Bertz CT molecular complexity index is 439. The Morgan fingerprint density at radius 1 is 1.28 bits per heavy atom. The SMILES string of the molecule is O=C(O)C1CN(Cc2ccccc2)CCC12CC2. The van der Waals surface area contributed by atoms with Crippen LogP contribution in [0.25, 0.3) is 0 Å². The lowest BCUT2D eigenvalue weighted by Crippen LogP contribution is -2.44. The normalized spacial score (nSPS) is 26.1. The summed E-state index contributed by atoms with van der Waals surface area (Å²) in [7, 11) is 0. The molecule has 96 valence electrons. The third kappa shape index (κ3) is 2.15. The van der Waals surface area contributed by atoms with E-state index in [9.17, 15) is 9.90 Å². The number of aliphatic carboxylic acids is 1. The molecule has 3 nitrogen and oxygen atoms in total. The Hall–Kier alpha value is -1.35. The number of carboxylic acid groups (broad SMARTS) is 1. The lowest BCUT2D eigenvalue weighted by molar-refractivity contribution is -0.147. The van der Waals surface area contributed by atoms with E-state index in [1.807, 2.05) is 18.2 Å². The zero-order chi connectivity index (χ0) is 12.6. The van der Waals surface area contributed by atoms with E-state index >= 15 is 0 Å². The summed E-state index contributed by atoms with van der Waals surface area (Å²) in [6, 6.07) is 10.3. The lowest BCUT2D eigenvalue weighted by atomic mass is 9.82. The minimum Gasteiger partial charge on any atom is -0.481 e. The molecule has 2 fully saturated rings. The highest BCUT2D eigenvalue weighted by molar-refractivity contribution is 5.72. The van der Waals surface area contributed by atoms with Crippen molar-refractivity contribution in [1.29, 1.82) is 0 Å². The third-order valence-corrected chi connectivity index (χ3v) is 4.55. The van der Waals surface area contributed by atoms with Crippen LogP contribution in [-0.4, -0.2) is 29.1 Å². The van der Waals surface area contributed by atoms with Gasteiger partial charge in [-0.1, -0.05) is 30.3 Å². The fourth-order valence-corrected chi connectivity index (χ4v) is 3.18. The number of hydrogen-bond donors (Lipinski definition) is 1. The molecule has 1 aliphatic heterocycles. The smallest absolute Gasteiger partial charge is 0.308 e. The van der Waals surface area contributed by atoms with E-state index in [2.05, 4.69) is 17.0 Å². The number of hydrogen-bond acceptors (Lipinski definition) is 2. The number of rotatable bonds is 3. The maximum absolute atomic E-state index is 11.4. The van der Waals surface area contributed by atoms with E-state index in [4.69, 9.17) is 0 Å². The molecule has 1 aromatic rings. The zero-order valence-corrected chi connectivity index (χ0v) is 10.5. The van der Waals surface area contributed by atoms with Crippen molar-refractivity contribution in [2.75, 3.05) is 13.1 Å². The van der Waals surface area contributed by atoms with Crippen LogP contribution < -0.4 is 0 Å². The van der Waals surface area contributed by atoms with Crippen molar-refractivity contribution >= 4 is 5.97 Å². The molecule has 1 spiro atoms. The monoisotopic (exact) mass is 245 g/mol. The van der Waals surface area contributed by atoms with Gasteiger partial charge in [0.25, 0.3) is 0 Å². The van der Waals surface area contributed by atoms with Crippen LogP contribution in [0.3, 0.4) is 0 Å².